The summed E-state index contributed by atoms with van der Waals surface area (Å²) in [6, 6.07) is 0. The molecule has 0 saturated carbocycles. The van der Waals surface area contributed by atoms with Gasteiger partial charge in [0, 0.05) is 6.61 Å². The van der Waals surface area contributed by atoms with Gasteiger partial charge in [-0.3, -0.25) is 4.18 Å². The van der Waals surface area contributed by atoms with Crippen molar-refractivity contribution in [3.8, 4) is 0 Å². The van der Waals surface area contributed by atoms with Gasteiger partial charge >= 0.3 is 29.6 Å². The van der Waals surface area contributed by atoms with Gasteiger partial charge in [-0.1, -0.05) is 45.4 Å². The minimum atomic E-state index is -4.60. The Bertz CT molecular complexity index is 343. The summed E-state index contributed by atoms with van der Waals surface area (Å²) in [5.74, 6) is 0. The standard InChI is InChI=1S/C14H28O5S.Na/c1-2-3-4-5-6-7-8-14(19-20(15,16)17)10-9-13-11-12-18-13;/h13-14H,2-12H2,1H3,(H,15,16,17);/q;+1/p-1. The molecule has 1 aliphatic rings. The summed E-state index contributed by atoms with van der Waals surface area (Å²) in [4.78, 5) is 0. The van der Waals surface area contributed by atoms with Gasteiger partial charge in [0.05, 0.1) is 12.2 Å². The molecule has 1 saturated heterocycles. The second-order valence-electron chi connectivity index (χ2n) is 5.54. The molecule has 7 heteroatoms. The van der Waals surface area contributed by atoms with Crippen molar-refractivity contribution in [1.82, 2.24) is 0 Å². The summed E-state index contributed by atoms with van der Waals surface area (Å²) >= 11 is 0. The maximum atomic E-state index is 10.7. The zero-order chi connectivity index (χ0) is 14.8. The Kier molecular flexibility index (Phi) is 12.8. The van der Waals surface area contributed by atoms with Crippen LogP contribution in [0.1, 0.15) is 71.1 Å². The number of hydrogen-bond acceptors (Lipinski definition) is 5. The first-order valence-electron chi connectivity index (χ1n) is 7.77. The fourth-order valence-electron chi connectivity index (χ4n) is 2.44. The average molecular weight is 330 g/mol. The number of rotatable bonds is 12. The molecule has 0 radical (unpaired) electrons. The smallest absolute Gasteiger partial charge is 0.726 e. The van der Waals surface area contributed by atoms with Crippen molar-refractivity contribution < 1.29 is 51.4 Å². The number of unbranched alkanes of at least 4 members (excludes halogenated alkanes) is 5. The quantitative estimate of drug-likeness (QED) is 0.220. The molecule has 2 unspecified atom stereocenters. The Morgan fingerprint density at radius 3 is 2.33 bits per heavy atom. The molecule has 0 amide bonds. The van der Waals surface area contributed by atoms with Crippen LogP contribution in [0.2, 0.25) is 0 Å². The van der Waals surface area contributed by atoms with Crippen LogP contribution in [-0.4, -0.2) is 31.8 Å². The van der Waals surface area contributed by atoms with Gasteiger partial charge in [-0.15, -0.1) is 0 Å². The summed E-state index contributed by atoms with van der Waals surface area (Å²) in [7, 11) is -4.60. The molecule has 0 aromatic carbocycles. The summed E-state index contributed by atoms with van der Waals surface area (Å²) in [6.45, 7) is 2.96. The van der Waals surface area contributed by atoms with Crippen LogP contribution in [0.5, 0.6) is 0 Å². The average Bonchev–Trinajstić information content (AvgIpc) is 2.29. The maximum absolute atomic E-state index is 10.7. The molecule has 21 heavy (non-hydrogen) atoms. The van der Waals surface area contributed by atoms with Crippen molar-refractivity contribution in [3.63, 3.8) is 0 Å². The summed E-state index contributed by atoms with van der Waals surface area (Å²) < 4.78 is 42.1. The third-order valence-corrected chi connectivity index (χ3v) is 4.25. The molecule has 2 atom stereocenters. The molecule has 1 rings (SSSR count). The van der Waals surface area contributed by atoms with Gasteiger partial charge in [0.15, 0.2) is 0 Å². The Labute approximate surface area is 151 Å². The maximum Gasteiger partial charge on any atom is 1.00 e. The summed E-state index contributed by atoms with van der Waals surface area (Å²) in [5, 5.41) is 0. The second kappa shape index (κ2) is 12.3. The number of ether oxygens (including phenoxy) is 1. The minimum Gasteiger partial charge on any atom is -0.726 e. The van der Waals surface area contributed by atoms with E-state index in [1.807, 2.05) is 0 Å². The van der Waals surface area contributed by atoms with Crippen LogP contribution < -0.4 is 29.6 Å². The van der Waals surface area contributed by atoms with Crippen LogP contribution in [0.15, 0.2) is 0 Å². The van der Waals surface area contributed by atoms with Crippen molar-refractivity contribution in [2.75, 3.05) is 6.61 Å². The first kappa shape index (κ1) is 21.8. The van der Waals surface area contributed by atoms with E-state index in [1.54, 1.807) is 0 Å². The zero-order valence-electron chi connectivity index (χ0n) is 13.4. The van der Waals surface area contributed by atoms with Gasteiger partial charge in [0.2, 0.25) is 10.4 Å². The zero-order valence-corrected chi connectivity index (χ0v) is 16.2. The van der Waals surface area contributed by atoms with E-state index < -0.39 is 16.5 Å². The van der Waals surface area contributed by atoms with Crippen LogP contribution in [0.4, 0.5) is 0 Å². The Balaban J connectivity index is 0.00000400. The van der Waals surface area contributed by atoms with Crippen molar-refractivity contribution in [2.45, 2.75) is 83.3 Å². The molecular weight excluding hydrogens is 303 g/mol. The topological polar surface area (TPSA) is 75.7 Å². The predicted molar refractivity (Wildman–Crippen MR) is 76.2 cm³/mol. The Hall–Kier alpha value is 0.830. The molecule has 1 fully saturated rings. The Morgan fingerprint density at radius 2 is 1.81 bits per heavy atom. The van der Waals surface area contributed by atoms with E-state index in [-0.39, 0.29) is 35.7 Å². The monoisotopic (exact) mass is 330 g/mol. The third kappa shape index (κ3) is 12.0. The first-order valence-corrected chi connectivity index (χ1v) is 9.10. The van der Waals surface area contributed by atoms with Crippen molar-refractivity contribution in [2.24, 2.45) is 0 Å². The normalized spacial score (nSPS) is 19.6. The molecule has 0 spiro atoms. The molecule has 120 valence electrons. The van der Waals surface area contributed by atoms with Gasteiger partial charge in [-0.25, -0.2) is 8.42 Å². The van der Waals surface area contributed by atoms with Crippen LogP contribution in [0.3, 0.4) is 0 Å². The van der Waals surface area contributed by atoms with E-state index in [4.69, 9.17) is 4.74 Å². The van der Waals surface area contributed by atoms with Crippen LogP contribution in [0.25, 0.3) is 0 Å². The van der Waals surface area contributed by atoms with E-state index in [1.165, 1.54) is 19.3 Å². The van der Waals surface area contributed by atoms with Gasteiger partial charge in [-0.05, 0) is 25.7 Å². The Morgan fingerprint density at radius 1 is 1.19 bits per heavy atom. The fraction of sp³-hybridized carbons (Fsp3) is 1.00. The molecule has 0 aromatic rings. The molecule has 1 heterocycles. The van der Waals surface area contributed by atoms with Gasteiger partial charge in [0.1, 0.15) is 0 Å². The van der Waals surface area contributed by atoms with Gasteiger partial charge in [-0.2, -0.15) is 0 Å². The largest absolute Gasteiger partial charge is 1.00 e. The molecular formula is C14H27NaO5S. The van der Waals surface area contributed by atoms with E-state index >= 15 is 0 Å². The minimum absolute atomic E-state index is 0. The van der Waals surface area contributed by atoms with E-state index in [0.717, 1.165) is 38.7 Å². The fourth-order valence-corrected chi connectivity index (χ4v) is 2.97. The van der Waals surface area contributed by atoms with Gasteiger partial charge < -0.3 is 9.29 Å². The third-order valence-electron chi connectivity index (χ3n) is 3.74. The molecule has 0 aliphatic carbocycles. The molecule has 0 bridgehead atoms. The molecule has 0 N–H and O–H groups in total. The summed E-state index contributed by atoms with van der Waals surface area (Å²) in [5.41, 5.74) is 0. The molecule has 5 nitrogen and oxygen atoms in total. The van der Waals surface area contributed by atoms with Crippen LogP contribution in [0, 0.1) is 0 Å². The molecule has 1 aliphatic heterocycles. The van der Waals surface area contributed by atoms with E-state index in [2.05, 4.69) is 11.1 Å². The van der Waals surface area contributed by atoms with Crippen molar-refractivity contribution >= 4 is 10.4 Å². The van der Waals surface area contributed by atoms with Gasteiger partial charge in [0.25, 0.3) is 0 Å². The SMILES string of the molecule is CCCCCCCCC(CCC1CCO1)OS(=O)(=O)[O-].[Na+]. The van der Waals surface area contributed by atoms with Crippen LogP contribution in [-0.2, 0) is 19.3 Å². The second-order valence-corrected chi connectivity index (χ2v) is 6.55. The van der Waals surface area contributed by atoms with E-state index in [0.29, 0.717) is 12.8 Å². The number of hydrogen-bond donors (Lipinski definition) is 0. The van der Waals surface area contributed by atoms with E-state index in [9.17, 15) is 13.0 Å². The first-order chi connectivity index (χ1) is 9.51. The van der Waals surface area contributed by atoms with Crippen molar-refractivity contribution in [1.29, 1.82) is 0 Å². The van der Waals surface area contributed by atoms with Crippen molar-refractivity contribution in [3.05, 3.63) is 0 Å². The van der Waals surface area contributed by atoms with Crippen LogP contribution >= 0.6 is 0 Å². The molecule has 0 aromatic heterocycles. The summed E-state index contributed by atoms with van der Waals surface area (Å²) in [6.07, 6.45) is 9.58. The predicted octanol–water partition coefficient (Wildman–Crippen LogP) is 0.156.